The van der Waals surface area contributed by atoms with Crippen LogP contribution in [0.25, 0.3) is 0 Å². The van der Waals surface area contributed by atoms with E-state index in [9.17, 15) is 9.59 Å². The Labute approximate surface area is 119 Å². The van der Waals surface area contributed by atoms with Crippen molar-refractivity contribution in [2.45, 2.75) is 33.6 Å². The fourth-order valence-corrected chi connectivity index (χ4v) is 1.98. The predicted molar refractivity (Wildman–Crippen MR) is 75.3 cm³/mol. The number of esters is 1. The van der Waals surface area contributed by atoms with E-state index in [0.717, 1.165) is 17.0 Å². The van der Waals surface area contributed by atoms with Gasteiger partial charge in [-0.1, -0.05) is 0 Å². The summed E-state index contributed by atoms with van der Waals surface area (Å²) >= 11 is 0. The maximum Gasteiger partial charge on any atom is 0.307 e. The molecular formula is C14H23N3O3. The topological polar surface area (TPSA) is 64.4 Å². The van der Waals surface area contributed by atoms with Gasteiger partial charge in [0.25, 0.3) is 0 Å². The van der Waals surface area contributed by atoms with Crippen molar-refractivity contribution in [2.75, 3.05) is 20.2 Å². The van der Waals surface area contributed by atoms with Gasteiger partial charge in [-0.3, -0.25) is 14.3 Å². The molecule has 0 radical (unpaired) electrons. The van der Waals surface area contributed by atoms with Crippen LogP contribution in [0.4, 0.5) is 0 Å². The highest BCUT2D eigenvalue weighted by Gasteiger charge is 2.17. The van der Waals surface area contributed by atoms with Gasteiger partial charge in [-0.05, 0) is 20.8 Å². The SMILES string of the molecule is CCOC(=O)CCN(C)C(=O)Cc1c(C)nn(C)c1C. The van der Waals surface area contributed by atoms with E-state index in [1.807, 2.05) is 20.9 Å². The summed E-state index contributed by atoms with van der Waals surface area (Å²) in [5.74, 6) is -0.297. The summed E-state index contributed by atoms with van der Waals surface area (Å²) in [6.07, 6.45) is 0.534. The minimum absolute atomic E-state index is 0.0199. The van der Waals surface area contributed by atoms with Gasteiger partial charge < -0.3 is 9.64 Å². The fourth-order valence-electron chi connectivity index (χ4n) is 1.98. The van der Waals surface area contributed by atoms with E-state index in [1.54, 1.807) is 23.6 Å². The second-order valence-electron chi connectivity index (χ2n) is 4.82. The van der Waals surface area contributed by atoms with Crippen LogP contribution in [-0.4, -0.2) is 46.8 Å². The Kier molecular flexibility index (Phi) is 5.73. The molecule has 0 aliphatic heterocycles. The number of aromatic nitrogens is 2. The summed E-state index contributed by atoms with van der Waals surface area (Å²) in [5, 5.41) is 4.29. The molecule has 0 atom stereocenters. The van der Waals surface area contributed by atoms with Crippen molar-refractivity contribution >= 4 is 11.9 Å². The molecule has 112 valence electrons. The molecule has 1 rings (SSSR count). The zero-order valence-electron chi connectivity index (χ0n) is 12.9. The molecular weight excluding hydrogens is 258 g/mol. The molecule has 20 heavy (non-hydrogen) atoms. The molecule has 0 aliphatic carbocycles. The summed E-state index contributed by atoms with van der Waals surface area (Å²) in [6, 6.07) is 0. The number of amides is 1. The molecule has 0 bridgehead atoms. The van der Waals surface area contributed by atoms with E-state index in [1.165, 1.54) is 0 Å². The molecule has 6 heteroatoms. The van der Waals surface area contributed by atoms with Crippen LogP contribution in [0.15, 0.2) is 0 Å². The first-order chi connectivity index (χ1) is 9.36. The van der Waals surface area contributed by atoms with Crippen LogP contribution in [-0.2, 0) is 27.8 Å². The first-order valence-corrected chi connectivity index (χ1v) is 6.75. The Bertz CT molecular complexity index is 494. The molecule has 0 unspecified atom stereocenters. The summed E-state index contributed by atoms with van der Waals surface area (Å²) in [4.78, 5) is 25.0. The molecule has 0 saturated carbocycles. The van der Waals surface area contributed by atoms with E-state index >= 15 is 0 Å². The molecule has 0 saturated heterocycles. The molecule has 1 aromatic heterocycles. The van der Waals surface area contributed by atoms with E-state index < -0.39 is 0 Å². The van der Waals surface area contributed by atoms with Crippen LogP contribution >= 0.6 is 0 Å². The van der Waals surface area contributed by atoms with Gasteiger partial charge in [0, 0.05) is 31.9 Å². The van der Waals surface area contributed by atoms with E-state index in [4.69, 9.17) is 4.74 Å². The van der Waals surface area contributed by atoms with Gasteiger partial charge in [-0.15, -0.1) is 0 Å². The Morgan fingerprint density at radius 2 is 2.00 bits per heavy atom. The van der Waals surface area contributed by atoms with Crippen molar-refractivity contribution in [1.82, 2.24) is 14.7 Å². The van der Waals surface area contributed by atoms with E-state index in [0.29, 0.717) is 19.6 Å². The van der Waals surface area contributed by atoms with Crippen molar-refractivity contribution < 1.29 is 14.3 Å². The van der Waals surface area contributed by atoms with Gasteiger partial charge >= 0.3 is 5.97 Å². The van der Waals surface area contributed by atoms with Gasteiger partial charge in [0.1, 0.15) is 0 Å². The second kappa shape index (κ2) is 7.07. The molecule has 0 aromatic carbocycles. The lowest BCUT2D eigenvalue weighted by molar-refractivity contribution is -0.143. The van der Waals surface area contributed by atoms with Gasteiger partial charge in [-0.2, -0.15) is 5.10 Å². The first-order valence-electron chi connectivity index (χ1n) is 6.75. The summed E-state index contributed by atoms with van der Waals surface area (Å²) in [5.41, 5.74) is 2.83. The van der Waals surface area contributed by atoms with E-state index in [-0.39, 0.29) is 18.3 Å². The van der Waals surface area contributed by atoms with Crippen LogP contribution in [0.3, 0.4) is 0 Å². The van der Waals surface area contributed by atoms with Crippen molar-refractivity contribution in [3.05, 3.63) is 17.0 Å². The fraction of sp³-hybridized carbons (Fsp3) is 0.643. The Balaban J connectivity index is 2.55. The van der Waals surface area contributed by atoms with Gasteiger partial charge in [0.15, 0.2) is 0 Å². The molecule has 0 aliphatic rings. The highest BCUT2D eigenvalue weighted by molar-refractivity contribution is 5.79. The Morgan fingerprint density at radius 3 is 2.50 bits per heavy atom. The third kappa shape index (κ3) is 4.08. The van der Waals surface area contributed by atoms with Crippen molar-refractivity contribution in [3.63, 3.8) is 0 Å². The zero-order valence-corrected chi connectivity index (χ0v) is 12.9. The number of hydrogen-bond donors (Lipinski definition) is 0. The van der Waals surface area contributed by atoms with Crippen LogP contribution in [0, 0.1) is 13.8 Å². The van der Waals surface area contributed by atoms with Crippen LogP contribution in [0.5, 0.6) is 0 Å². The monoisotopic (exact) mass is 281 g/mol. The quantitative estimate of drug-likeness (QED) is 0.729. The van der Waals surface area contributed by atoms with Crippen molar-refractivity contribution in [3.8, 4) is 0 Å². The normalized spacial score (nSPS) is 10.4. The number of rotatable bonds is 6. The lowest BCUT2D eigenvalue weighted by atomic mass is 10.1. The molecule has 0 spiro atoms. The maximum absolute atomic E-state index is 12.1. The highest BCUT2D eigenvalue weighted by Crippen LogP contribution is 2.13. The molecule has 6 nitrogen and oxygen atoms in total. The zero-order chi connectivity index (χ0) is 15.3. The Morgan fingerprint density at radius 1 is 1.35 bits per heavy atom. The summed E-state index contributed by atoms with van der Waals surface area (Å²) in [7, 11) is 3.56. The number of likely N-dealkylation sites (N-methyl/N-ethyl adjacent to an activating group) is 1. The number of aryl methyl sites for hydroxylation is 2. The lowest BCUT2D eigenvalue weighted by Gasteiger charge is -2.16. The number of carbonyl (C=O) groups is 2. The maximum atomic E-state index is 12.1. The summed E-state index contributed by atoms with van der Waals surface area (Å²) in [6.45, 7) is 6.34. The summed E-state index contributed by atoms with van der Waals surface area (Å²) < 4.78 is 6.62. The molecule has 1 amide bonds. The van der Waals surface area contributed by atoms with Gasteiger partial charge in [0.05, 0.1) is 25.1 Å². The second-order valence-corrected chi connectivity index (χ2v) is 4.82. The average molecular weight is 281 g/mol. The minimum atomic E-state index is -0.277. The highest BCUT2D eigenvalue weighted by atomic mass is 16.5. The van der Waals surface area contributed by atoms with Crippen LogP contribution < -0.4 is 0 Å². The third-order valence-corrected chi connectivity index (χ3v) is 3.37. The van der Waals surface area contributed by atoms with Gasteiger partial charge in [0.2, 0.25) is 5.91 Å². The number of ether oxygens (including phenoxy) is 1. The predicted octanol–water partition coefficient (Wildman–Crippen LogP) is 0.991. The standard InChI is InChI=1S/C14H23N3O3/c1-6-20-14(19)7-8-16(4)13(18)9-12-10(2)15-17(5)11(12)3/h6-9H2,1-5H3. The first kappa shape index (κ1) is 16.2. The van der Waals surface area contributed by atoms with Crippen molar-refractivity contribution in [2.24, 2.45) is 7.05 Å². The number of hydrogen-bond acceptors (Lipinski definition) is 4. The molecule has 0 N–H and O–H groups in total. The average Bonchev–Trinajstić information content (AvgIpc) is 2.63. The molecule has 1 heterocycles. The van der Waals surface area contributed by atoms with Crippen LogP contribution in [0.1, 0.15) is 30.3 Å². The lowest BCUT2D eigenvalue weighted by Crippen LogP contribution is -2.31. The third-order valence-electron chi connectivity index (χ3n) is 3.37. The minimum Gasteiger partial charge on any atom is -0.466 e. The van der Waals surface area contributed by atoms with E-state index in [2.05, 4.69) is 5.10 Å². The molecule has 1 aromatic rings. The van der Waals surface area contributed by atoms with Gasteiger partial charge in [-0.25, -0.2) is 0 Å². The largest absolute Gasteiger partial charge is 0.466 e. The van der Waals surface area contributed by atoms with Crippen molar-refractivity contribution in [1.29, 1.82) is 0 Å². The smallest absolute Gasteiger partial charge is 0.307 e. The molecule has 0 fully saturated rings. The number of carbonyl (C=O) groups excluding carboxylic acids is 2. The Hall–Kier alpha value is -1.85. The van der Waals surface area contributed by atoms with Crippen LogP contribution in [0.2, 0.25) is 0 Å². The number of nitrogens with zero attached hydrogens (tertiary/aromatic N) is 3.